The van der Waals surface area contributed by atoms with Gasteiger partial charge in [0.15, 0.2) is 0 Å². The van der Waals surface area contributed by atoms with Gasteiger partial charge < -0.3 is 5.73 Å². The summed E-state index contributed by atoms with van der Waals surface area (Å²) in [5.41, 5.74) is 7.37. The molecule has 4 nitrogen and oxygen atoms in total. The summed E-state index contributed by atoms with van der Waals surface area (Å²) >= 11 is 3.65. The van der Waals surface area contributed by atoms with E-state index in [1.165, 1.54) is 0 Å². The Morgan fingerprint density at radius 3 is 2.40 bits per heavy atom. The molecule has 1 rings (SSSR count). The Kier molecular flexibility index (Phi) is 3.36. The number of benzene rings is 1. The third-order valence-electron chi connectivity index (χ3n) is 2.33. The molecule has 0 saturated heterocycles. The van der Waals surface area contributed by atoms with Gasteiger partial charge in [0.25, 0.3) is 5.91 Å². The van der Waals surface area contributed by atoms with Crippen molar-refractivity contribution < 1.29 is 9.59 Å². The van der Waals surface area contributed by atoms with Gasteiger partial charge in [-0.1, -0.05) is 18.9 Å². The Bertz CT molecular complexity index is 430. The van der Waals surface area contributed by atoms with Crippen molar-refractivity contribution in [2.45, 2.75) is 13.8 Å². The molecule has 0 saturated carbocycles. The standard InChI is InChI=1S/C10H12N2O2S/c1-5-3-4-7(10(14)12-15)8(6(5)2)9(11)13/h3-4,15H,1-2H3,(H2,11,13)(H,12,14). The number of carbonyl (C=O) groups is 2. The topological polar surface area (TPSA) is 72.2 Å². The minimum Gasteiger partial charge on any atom is -0.366 e. The van der Waals surface area contributed by atoms with Crippen LogP contribution in [0.15, 0.2) is 12.1 Å². The molecule has 0 aromatic heterocycles. The summed E-state index contributed by atoms with van der Waals surface area (Å²) < 4.78 is 2.17. The number of rotatable bonds is 2. The van der Waals surface area contributed by atoms with Crippen LogP contribution >= 0.6 is 12.8 Å². The highest BCUT2D eigenvalue weighted by atomic mass is 32.1. The summed E-state index contributed by atoms with van der Waals surface area (Å²) in [5, 5.41) is 0. The van der Waals surface area contributed by atoms with Crippen molar-refractivity contribution in [2.24, 2.45) is 5.73 Å². The van der Waals surface area contributed by atoms with E-state index >= 15 is 0 Å². The van der Waals surface area contributed by atoms with Crippen LogP contribution in [0.1, 0.15) is 31.8 Å². The molecule has 0 radical (unpaired) electrons. The van der Waals surface area contributed by atoms with E-state index in [0.717, 1.165) is 11.1 Å². The van der Waals surface area contributed by atoms with Crippen molar-refractivity contribution in [2.75, 3.05) is 0 Å². The average Bonchev–Trinajstić information content (AvgIpc) is 2.20. The zero-order valence-electron chi connectivity index (χ0n) is 8.50. The summed E-state index contributed by atoms with van der Waals surface area (Å²) in [5.74, 6) is -1.04. The van der Waals surface area contributed by atoms with Gasteiger partial charge in [-0.05, 0) is 31.0 Å². The SMILES string of the molecule is Cc1ccc(C(=O)NS)c(C(N)=O)c1C. The molecule has 5 heteroatoms. The molecule has 0 bridgehead atoms. The molecule has 0 aliphatic heterocycles. The van der Waals surface area contributed by atoms with Crippen LogP contribution in [-0.4, -0.2) is 11.8 Å². The van der Waals surface area contributed by atoms with Crippen LogP contribution in [0.2, 0.25) is 0 Å². The largest absolute Gasteiger partial charge is 0.366 e. The highest BCUT2D eigenvalue weighted by Gasteiger charge is 2.17. The minimum atomic E-state index is -0.608. The van der Waals surface area contributed by atoms with E-state index in [1.807, 2.05) is 6.92 Å². The summed E-state index contributed by atoms with van der Waals surface area (Å²) in [6.07, 6.45) is 0. The fourth-order valence-electron chi connectivity index (χ4n) is 1.38. The Hall–Kier alpha value is -1.49. The van der Waals surface area contributed by atoms with Gasteiger partial charge in [0.1, 0.15) is 0 Å². The molecule has 0 heterocycles. The molecule has 1 aromatic rings. The molecular formula is C10H12N2O2S. The summed E-state index contributed by atoms with van der Waals surface area (Å²) in [4.78, 5) is 22.6. The number of thiol groups is 1. The molecule has 0 unspecified atom stereocenters. The van der Waals surface area contributed by atoms with E-state index in [9.17, 15) is 9.59 Å². The van der Waals surface area contributed by atoms with Gasteiger partial charge in [0, 0.05) is 0 Å². The number of nitrogens with one attached hydrogen (secondary N) is 1. The number of amides is 2. The van der Waals surface area contributed by atoms with Gasteiger partial charge in [-0.3, -0.25) is 14.3 Å². The maximum absolute atomic E-state index is 11.4. The second kappa shape index (κ2) is 4.35. The van der Waals surface area contributed by atoms with Crippen molar-refractivity contribution in [1.82, 2.24) is 4.72 Å². The normalized spacial score (nSPS) is 9.80. The lowest BCUT2D eigenvalue weighted by atomic mass is 9.97. The smallest absolute Gasteiger partial charge is 0.261 e. The van der Waals surface area contributed by atoms with Crippen LogP contribution in [0.3, 0.4) is 0 Å². The first kappa shape index (κ1) is 11.6. The molecule has 80 valence electrons. The summed E-state index contributed by atoms with van der Waals surface area (Å²) in [6.45, 7) is 3.61. The summed E-state index contributed by atoms with van der Waals surface area (Å²) in [7, 11) is 0. The molecular weight excluding hydrogens is 212 g/mol. The zero-order valence-corrected chi connectivity index (χ0v) is 9.39. The van der Waals surface area contributed by atoms with Gasteiger partial charge in [0.05, 0.1) is 11.1 Å². The van der Waals surface area contributed by atoms with Crippen LogP contribution in [0.4, 0.5) is 0 Å². The number of aryl methyl sites for hydroxylation is 1. The van der Waals surface area contributed by atoms with E-state index in [1.54, 1.807) is 19.1 Å². The fraction of sp³-hybridized carbons (Fsp3) is 0.200. The lowest BCUT2D eigenvalue weighted by Crippen LogP contribution is -2.22. The molecule has 0 aliphatic carbocycles. The van der Waals surface area contributed by atoms with Crippen LogP contribution in [0, 0.1) is 13.8 Å². The van der Waals surface area contributed by atoms with Gasteiger partial charge in [-0.25, -0.2) is 0 Å². The summed E-state index contributed by atoms with van der Waals surface area (Å²) in [6, 6.07) is 3.33. The minimum absolute atomic E-state index is 0.251. The molecule has 15 heavy (non-hydrogen) atoms. The van der Waals surface area contributed by atoms with Gasteiger partial charge in [-0.15, -0.1) is 0 Å². The van der Waals surface area contributed by atoms with Gasteiger partial charge in [0.2, 0.25) is 5.91 Å². The van der Waals surface area contributed by atoms with Crippen molar-refractivity contribution >= 4 is 24.6 Å². The van der Waals surface area contributed by atoms with Crippen molar-refractivity contribution in [3.8, 4) is 0 Å². The number of hydrogen-bond donors (Lipinski definition) is 3. The third-order valence-corrected chi connectivity index (χ3v) is 2.53. The van der Waals surface area contributed by atoms with Crippen molar-refractivity contribution in [3.05, 3.63) is 34.4 Å². The highest BCUT2D eigenvalue weighted by molar-refractivity contribution is 7.78. The maximum atomic E-state index is 11.4. The first-order valence-corrected chi connectivity index (χ1v) is 4.78. The second-order valence-corrected chi connectivity index (χ2v) is 3.46. The first-order chi connectivity index (χ1) is 6.99. The fourth-order valence-corrected chi connectivity index (χ4v) is 1.50. The lowest BCUT2D eigenvalue weighted by molar-refractivity contribution is 0.0958. The van der Waals surface area contributed by atoms with E-state index in [0.29, 0.717) is 0 Å². The molecule has 0 fully saturated rings. The van der Waals surface area contributed by atoms with E-state index < -0.39 is 11.8 Å². The highest BCUT2D eigenvalue weighted by Crippen LogP contribution is 2.17. The predicted molar refractivity (Wildman–Crippen MR) is 60.9 cm³/mol. The van der Waals surface area contributed by atoms with Gasteiger partial charge >= 0.3 is 0 Å². The van der Waals surface area contributed by atoms with Crippen LogP contribution in [0.5, 0.6) is 0 Å². The number of nitrogens with two attached hydrogens (primary N) is 1. The van der Waals surface area contributed by atoms with Crippen LogP contribution < -0.4 is 10.5 Å². The maximum Gasteiger partial charge on any atom is 0.261 e. The van der Waals surface area contributed by atoms with Gasteiger partial charge in [-0.2, -0.15) is 0 Å². The Balaban J connectivity index is 3.46. The molecule has 0 aliphatic rings. The molecule has 0 atom stereocenters. The van der Waals surface area contributed by atoms with E-state index in [2.05, 4.69) is 17.5 Å². The molecule has 0 spiro atoms. The monoisotopic (exact) mass is 224 g/mol. The molecule has 3 N–H and O–H groups in total. The number of carbonyl (C=O) groups excluding carboxylic acids is 2. The predicted octanol–water partition coefficient (Wildman–Crippen LogP) is 0.977. The quantitative estimate of drug-likeness (QED) is 0.655. The zero-order chi connectivity index (χ0) is 11.6. The van der Waals surface area contributed by atoms with Crippen molar-refractivity contribution in [3.63, 3.8) is 0 Å². The van der Waals surface area contributed by atoms with Crippen LogP contribution in [0.25, 0.3) is 0 Å². The Morgan fingerprint density at radius 2 is 1.93 bits per heavy atom. The second-order valence-electron chi connectivity index (χ2n) is 3.24. The number of primary amides is 1. The third kappa shape index (κ3) is 2.12. The molecule has 2 amide bonds. The van der Waals surface area contributed by atoms with E-state index in [4.69, 9.17) is 5.73 Å². The first-order valence-electron chi connectivity index (χ1n) is 4.33. The lowest BCUT2D eigenvalue weighted by Gasteiger charge is -2.10. The Labute approximate surface area is 93.4 Å². The Morgan fingerprint density at radius 1 is 1.33 bits per heavy atom. The molecule has 1 aromatic carbocycles. The number of hydrogen-bond acceptors (Lipinski definition) is 3. The average molecular weight is 224 g/mol. The van der Waals surface area contributed by atoms with Crippen molar-refractivity contribution in [1.29, 1.82) is 0 Å². The van der Waals surface area contributed by atoms with E-state index in [-0.39, 0.29) is 11.1 Å². The van der Waals surface area contributed by atoms with Crippen LogP contribution in [-0.2, 0) is 0 Å².